The smallest absolute Gasteiger partial charge is 0.159 e. The van der Waals surface area contributed by atoms with Gasteiger partial charge in [-0.2, -0.15) is 0 Å². The Labute approximate surface area is 104 Å². The monoisotopic (exact) mass is 252 g/mol. The van der Waals surface area contributed by atoms with E-state index in [1.165, 1.54) is 6.07 Å². The highest BCUT2D eigenvalue weighted by atomic mass is 19.2. The van der Waals surface area contributed by atoms with Gasteiger partial charge in [-0.3, -0.25) is 4.68 Å². The van der Waals surface area contributed by atoms with Crippen LogP contribution in [0.4, 0.5) is 8.78 Å². The number of hydrogen-bond donors (Lipinski definition) is 1. The lowest BCUT2D eigenvalue weighted by atomic mass is 10.0. The van der Waals surface area contributed by atoms with Gasteiger partial charge in [-0.05, 0) is 24.7 Å². The van der Waals surface area contributed by atoms with E-state index in [0.717, 1.165) is 11.8 Å². The van der Waals surface area contributed by atoms with Crippen molar-refractivity contribution in [3.8, 4) is 0 Å². The van der Waals surface area contributed by atoms with E-state index in [1.807, 2.05) is 0 Å². The summed E-state index contributed by atoms with van der Waals surface area (Å²) in [4.78, 5) is 0. The van der Waals surface area contributed by atoms with Crippen LogP contribution in [0.25, 0.3) is 0 Å². The van der Waals surface area contributed by atoms with Crippen LogP contribution >= 0.6 is 0 Å². The maximum atomic E-state index is 13.2. The van der Waals surface area contributed by atoms with E-state index in [9.17, 15) is 8.78 Å². The zero-order valence-corrected chi connectivity index (χ0v) is 10.2. The summed E-state index contributed by atoms with van der Waals surface area (Å²) < 4.78 is 27.7. The molecule has 2 aromatic rings. The zero-order valence-electron chi connectivity index (χ0n) is 10.2. The van der Waals surface area contributed by atoms with Gasteiger partial charge in [0.05, 0.1) is 5.69 Å². The molecule has 0 saturated carbocycles. The Kier molecular flexibility index (Phi) is 3.66. The fourth-order valence-electron chi connectivity index (χ4n) is 1.81. The van der Waals surface area contributed by atoms with Crippen molar-refractivity contribution in [2.75, 3.05) is 7.05 Å². The van der Waals surface area contributed by atoms with Crippen LogP contribution in [-0.4, -0.2) is 22.0 Å². The van der Waals surface area contributed by atoms with E-state index in [-0.39, 0.29) is 6.04 Å². The van der Waals surface area contributed by atoms with Crippen LogP contribution in [0.15, 0.2) is 24.4 Å². The first-order valence-electron chi connectivity index (χ1n) is 5.57. The lowest BCUT2D eigenvalue weighted by molar-refractivity contribution is 0.500. The van der Waals surface area contributed by atoms with E-state index >= 15 is 0 Å². The standard InChI is InChI=1S/C12H14F2N4/c1-15-12(6-9-7-18(2)17-16-9)8-3-4-10(13)11(14)5-8/h3-5,7,12,15H,6H2,1-2H3. The summed E-state index contributed by atoms with van der Waals surface area (Å²) in [5.74, 6) is -1.68. The number of nitrogens with zero attached hydrogens (tertiary/aromatic N) is 3. The largest absolute Gasteiger partial charge is 0.313 e. The number of nitrogens with one attached hydrogen (secondary N) is 1. The van der Waals surface area contributed by atoms with Crippen LogP contribution in [0, 0.1) is 11.6 Å². The maximum Gasteiger partial charge on any atom is 0.159 e. The molecule has 1 N–H and O–H groups in total. The van der Waals surface area contributed by atoms with Crippen molar-refractivity contribution >= 4 is 0 Å². The van der Waals surface area contributed by atoms with Gasteiger partial charge in [0.15, 0.2) is 11.6 Å². The van der Waals surface area contributed by atoms with Crippen molar-refractivity contribution < 1.29 is 8.78 Å². The van der Waals surface area contributed by atoms with Gasteiger partial charge in [0.1, 0.15) is 0 Å². The number of aryl methyl sites for hydroxylation is 1. The summed E-state index contributed by atoms with van der Waals surface area (Å²) in [7, 11) is 3.55. The number of likely N-dealkylation sites (N-methyl/N-ethyl adjacent to an activating group) is 1. The third-order valence-electron chi connectivity index (χ3n) is 2.76. The van der Waals surface area contributed by atoms with Crippen molar-refractivity contribution in [1.82, 2.24) is 20.3 Å². The first kappa shape index (κ1) is 12.6. The third-order valence-corrected chi connectivity index (χ3v) is 2.76. The van der Waals surface area contributed by atoms with E-state index in [1.54, 1.807) is 31.0 Å². The van der Waals surface area contributed by atoms with Gasteiger partial charge in [-0.15, -0.1) is 5.10 Å². The van der Waals surface area contributed by atoms with Gasteiger partial charge in [0.25, 0.3) is 0 Å². The molecular weight excluding hydrogens is 238 g/mol. The third kappa shape index (κ3) is 2.70. The Hall–Kier alpha value is -1.82. The lowest BCUT2D eigenvalue weighted by Gasteiger charge is -2.15. The van der Waals surface area contributed by atoms with E-state index < -0.39 is 11.6 Å². The number of hydrogen-bond acceptors (Lipinski definition) is 3. The number of aromatic nitrogens is 3. The van der Waals surface area contributed by atoms with Crippen LogP contribution in [0.2, 0.25) is 0 Å². The average Bonchev–Trinajstić information content (AvgIpc) is 2.75. The molecule has 1 unspecified atom stereocenters. The van der Waals surface area contributed by atoms with Gasteiger partial charge in [0.2, 0.25) is 0 Å². The topological polar surface area (TPSA) is 42.7 Å². The Bertz CT molecular complexity index is 539. The summed E-state index contributed by atoms with van der Waals surface area (Å²) in [6.45, 7) is 0. The van der Waals surface area contributed by atoms with Crippen molar-refractivity contribution in [2.24, 2.45) is 7.05 Å². The Morgan fingerprint density at radius 2 is 2.11 bits per heavy atom. The minimum Gasteiger partial charge on any atom is -0.313 e. The van der Waals surface area contributed by atoms with Crippen molar-refractivity contribution in [3.05, 3.63) is 47.3 Å². The first-order valence-corrected chi connectivity index (χ1v) is 5.57. The molecule has 0 spiro atoms. The SMILES string of the molecule is CNC(Cc1cn(C)nn1)c1ccc(F)c(F)c1. The molecule has 1 atom stereocenters. The molecule has 1 aromatic heterocycles. The molecule has 1 heterocycles. The molecule has 0 aliphatic heterocycles. The van der Waals surface area contributed by atoms with Crippen molar-refractivity contribution in [2.45, 2.75) is 12.5 Å². The molecule has 0 radical (unpaired) electrons. The van der Waals surface area contributed by atoms with Crippen LogP contribution in [0.1, 0.15) is 17.3 Å². The average molecular weight is 252 g/mol. The second-order valence-corrected chi connectivity index (χ2v) is 4.10. The summed E-state index contributed by atoms with van der Waals surface area (Å²) in [6.07, 6.45) is 2.36. The summed E-state index contributed by atoms with van der Waals surface area (Å²) >= 11 is 0. The molecule has 0 bridgehead atoms. The van der Waals surface area contributed by atoms with Crippen LogP contribution in [0.3, 0.4) is 0 Å². The van der Waals surface area contributed by atoms with Crippen molar-refractivity contribution in [3.63, 3.8) is 0 Å². The lowest BCUT2D eigenvalue weighted by Crippen LogP contribution is -2.19. The molecule has 0 saturated heterocycles. The van der Waals surface area contributed by atoms with E-state index in [0.29, 0.717) is 12.0 Å². The highest BCUT2D eigenvalue weighted by Gasteiger charge is 2.14. The van der Waals surface area contributed by atoms with Crippen LogP contribution < -0.4 is 5.32 Å². The van der Waals surface area contributed by atoms with Gasteiger partial charge in [-0.25, -0.2) is 8.78 Å². The summed E-state index contributed by atoms with van der Waals surface area (Å²) in [5.41, 5.74) is 1.48. The Morgan fingerprint density at radius 3 is 2.67 bits per heavy atom. The molecule has 4 nitrogen and oxygen atoms in total. The van der Waals surface area contributed by atoms with Gasteiger partial charge in [0, 0.05) is 25.7 Å². The van der Waals surface area contributed by atoms with E-state index in [2.05, 4.69) is 15.6 Å². The van der Waals surface area contributed by atoms with Crippen LogP contribution in [-0.2, 0) is 13.5 Å². The van der Waals surface area contributed by atoms with Gasteiger partial charge < -0.3 is 5.32 Å². The molecule has 2 rings (SSSR count). The molecule has 96 valence electrons. The predicted molar refractivity (Wildman–Crippen MR) is 62.9 cm³/mol. The summed E-state index contributed by atoms with van der Waals surface area (Å²) in [5, 5.41) is 10.9. The number of halogens is 2. The molecule has 0 aliphatic rings. The van der Waals surface area contributed by atoms with Crippen molar-refractivity contribution in [1.29, 1.82) is 0 Å². The molecule has 0 amide bonds. The number of benzene rings is 1. The fourth-order valence-corrected chi connectivity index (χ4v) is 1.81. The maximum absolute atomic E-state index is 13.2. The highest BCUT2D eigenvalue weighted by molar-refractivity contribution is 5.22. The quantitative estimate of drug-likeness (QED) is 0.898. The molecule has 1 aromatic carbocycles. The molecule has 0 fully saturated rings. The zero-order chi connectivity index (χ0) is 13.1. The number of rotatable bonds is 4. The minimum atomic E-state index is -0.841. The minimum absolute atomic E-state index is 0.128. The first-order chi connectivity index (χ1) is 8.60. The molecule has 18 heavy (non-hydrogen) atoms. The van der Waals surface area contributed by atoms with Crippen LogP contribution in [0.5, 0.6) is 0 Å². The second kappa shape index (κ2) is 5.22. The normalized spacial score (nSPS) is 12.7. The Morgan fingerprint density at radius 1 is 1.33 bits per heavy atom. The van der Waals surface area contributed by atoms with Gasteiger partial charge >= 0.3 is 0 Å². The fraction of sp³-hybridized carbons (Fsp3) is 0.333. The molecular formula is C12H14F2N4. The van der Waals surface area contributed by atoms with E-state index in [4.69, 9.17) is 0 Å². The predicted octanol–water partition coefficient (Wildman–Crippen LogP) is 1.60. The highest BCUT2D eigenvalue weighted by Crippen LogP contribution is 2.19. The Balaban J connectivity index is 2.19. The summed E-state index contributed by atoms with van der Waals surface area (Å²) in [6, 6.07) is 3.77. The van der Waals surface area contributed by atoms with Gasteiger partial charge in [-0.1, -0.05) is 11.3 Å². The second-order valence-electron chi connectivity index (χ2n) is 4.10. The molecule has 6 heteroatoms. The molecule has 0 aliphatic carbocycles.